The van der Waals surface area contributed by atoms with Gasteiger partial charge in [-0.2, -0.15) is 0 Å². The van der Waals surface area contributed by atoms with Crippen LogP contribution in [0.3, 0.4) is 0 Å². The lowest BCUT2D eigenvalue weighted by Crippen LogP contribution is -2.51. The van der Waals surface area contributed by atoms with Crippen molar-refractivity contribution in [1.29, 1.82) is 0 Å². The summed E-state index contributed by atoms with van der Waals surface area (Å²) in [6, 6.07) is 5.23. The van der Waals surface area contributed by atoms with Gasteiger partial charge in [-0.05, 0) is 39.8 Å². The fourth-order valence-electron chi connectivity index (χ4n) is 2.72. The summed E-state index contributed by atoms with van der Waals surface area (Å²) in [6.07, 6.45) is -1.12. The van der Waals surface area contributed by atoms with E-state index >= 15 is 0 Å². The maximum Gasteiger partial charge on any atom is 0.408 e. The second-order valence-corrected chi connectivity index (χ2v) is 7.14. The number of alkyl carbamates (subject to hydrolysis) is 1. The molecule has 1 aromatic rings. The van der Waals surface area contributed by atoms with Crippen molar-refractivity contribution < 1.29 is 28.7 Å². The lowest BCUT2D eigenvalue weighted by Gasteiger charge is -2.26. The van der Waals surface area contributed by atoms with Crippen LogP contribution in [0.2, 0.25) is 0 Å². The highest BCUT2D eigenvalue weighted by Crippen LogP contribution is 2.26. The van der Waals surface area contributed by atoms with E-state index in [1.54, 1.807) is 52.0 Å². The summed E-state index contributed by atoms with van der Waals surface area (Å²) in [5.74, 6) is -2.80. The molecule has 0 aliphatic carbocycles. The van der Waals surface area contributed by atoms with Gasteiger partial charge in [0.05, 0.1) is 18.2 Å². The molecule has 0 aromatic heterocycles. The SMILES string of the molecule is CCOC(=O)C(NC(=O)OC(C)(C)C)C1CC(=O)c2ccccc2NC1=O. The van der Waals surface area contributed by atoms with Gasteiger partial charge < -0.3 is 20.1 Å². The van der Waals surface area contributed by atoms with E-state index < -0.39 is 35.5 Å². The normalized spacial score (nSPS) is 17.9. The van der Waals surface area contributed by atoms with E-state index in [0.717, 1.165) is 0 Å². The number of ether oxygens (including phenoxy) is 2. The minimum absolute atomic E-state index is 0.0633. The van der Waals surface area contributed by atoms with Crippen molar-refractivity contribution in [2.75, 3.05) is 11.9 Å². The maximum absolute atomic E-state index is 12.7. The first-order valence-corrected chi connectivity index (χ1v) is 8.71. The van der Waals surface area contributed by atoms with Crippen LogP contribution in [0.15, 0.2) is 24.3 Å². The van der Waals surface area contributed by atoms with Gasteiger partial charge in [0, 0.05) is 12.0 Å². The van der Waals surface area contributed by atoms with Crippen LogP contribution in [-0.4, -0.2) is 42.0 Å². The highest BCUT2D eigenvalue weighted by atomic mass is 16.6. The number of rotatable bonds is 4. The van der Waals surface area contributed by atoms with E-state index in [-0.39, 0.29) is 18.8 Å². The van der Waals surface area contributed by atoms with Crippen LogP contribution in [0, 0.1) is 5.92 Å². The number of hydrogen-bond donors (Lipinski definition) is 2. The zero-order valence-electron chi connectivity index (χ0n) is 15.8. The zero-order valence-corrected chi connectivity index (χ0v) is 15.8. The van der Waals surface area contributed by atoms with Gasteiger partial charge in [0.2, 0.25) is 5.91 Å². The predicted octanol–water partition coefficient (Wildman–Crippen LogP) is 2.28. The molecule has 2 amide bonds. The summed E-state index contributed by atoms with van der Waals surface area (Å²) in [6.45, 7) is 6.68. The fraction of sp³-hybridized carbons (Fsp3) is 0.474. The monoisotopic (exact) mass is 376 g/mol. The van der Waals surface area contributed by atoms with Crippen molar-refractivity contribution >= 4 is 29.4 Å². The molecular weight excluding hydrogens is 352 g/mol. The lowest BCUT2D eigenvalue weighted by molar-refractivity contribution is -0.148. The maximum atomic E-state index is 12.7. The summed E-state index contributed by atoms with van der Waals surface area (Å²) in [4.78, 5) is 49.8. The number of carbonyl (C=O) groups is 4. The molecule has 27 heavy (non-hydrogen) atoms. The third kappa shape index (κ3) is 5.29. The first-order valence-electron chi connectivity index (χ1n) is 8.71. The molecule has 8 nitrogen and oxygen atoms in total. The van der Waals surface area contributed by atoms with Crippen LogP contribution in [0.4, 0.5) is 10.5 Å². The molecule has 8 heteroatoms. The number of Topliss-reactive ketones (excluding diaryl/α,β-unsaturated/α-hetero) is 1. The molecule has 0 radical (unpaired) electrons. The van der Waals surface area contributed by atoms with Crippen LogP contribution in [0.25, 0.3) is 0 Å². The molecule has 2 N–H and O–H groups in total. The second-order valence-electron chi connectivity index (χ2n) is 7.14. The number of fused-ring (bicyclic) bond motifs is 1. The Bertz CT molecular complexity index is 753. The van der Waals surface area contributed by atoms with Crippen LogP contribution in [0.1, 0.15) is 44.5 Å². The van der Waals surface area contributed by atoms with E-state index in [0.29, 0.717) is 11.3 Å². The Morgan fingerprint density at radius 1 is 1.26 bits per heavy atom. The molecule has 0 saturated carbocycles. The van der Waals surface area contributed by atoms with E-state index in [1.807, 2.05) is 0 Å². The highest BCUT2D eigenvalue weighted by Gasteiger charge is 2.40. The Balaban J connectivity index is 2.29. The van der Waals surface area contributed by atoms with E-state index in [1.165, 1.54) is 0 Å². The molecule has 2 rings (SSSR count). The number of anilines is 1. The summed E-state index contributed by atoms with van der Waals surface area (Å²) >= 11 is 0. The number of amides is 2. The molecule has 1 aromatic carbocycles. The Hall–Kier alpha value is -2.90. The highest BCUT2D eigenvalue weighted by molar-refractivity contribution is 6.11. The molecule has 0 spiro atoms. The molecule has 0 saturated heterocycles. The Kier molecular flexibility index (Phi) is 6.20. The Labute approximate surface area is 157 Å². The molecule has 2 atom stereocenters. The van der Waals surface area contributed by atoms with Crippen molar-refractivity contribution in [3.63, 3.8) is 0 Å². The quantitative estimate of drug-likeness (QED) is 0.780. The van der Waals surface area contributed by atoms with Gasteiger partial charge in [0.15, 0.2) is 5.78 Å². The fourth-order valence-corrected chi connectivity index (χ4v) is 2.72. The lowest BCUT2D eigenvalue weighted by atomic mass is 9.92. The number of esters is 1. The van der Waals surface area contributed by atoms with Gasteiger partial charge in [-0.15, -0.1) is 0 Å². The van der Waals surface area contributed by atoms with E-state index in [4.69, 9.17) is 9.47 Å². The summed E-state index contributed by atoms with van der Waals surface area (Å²) < 4.78 is 10.2. The summed E-state index contributed by atoms with van der Waals surface area (Å²) in [7, 11) is 0. The summed E-state index contributed by atoms with van der Waals surface area (Å²) in [5.41, 5.74) is -0.0655. The van der Waals surface area contributed by atoms with Gasteiger partial charge in [-0.1, -0.05) is 12.1 Å². The summed E-state index contributed by atoms with van der Waals surface area (Å²) in [5, 5.41) is 5.03. The molecule has 2 unspecified atom stereocenters. The molecule has 0 bridgehead atoms. The second kappa shape index (κ2) is 8.20. The van der Waals surface area contributed by atoms with E-state index in [9.17, 15) is 19.2 Å². The van der Waals surface area contributed by atoms with Gasteiger partial charge >= 0.3 is 12.1 Å². The minimum Gasteiger partial charge on any atom is -0.464 e. The first kappa shape index (κ1) is 20.4. The Morgan fingerprint density at radius 3 is 2.56 bits per heavy atom. The molecule has 1 aliphatic heterocycles. The van der Waals surface area contributed by atoms with E-state index in [2.05, 4.69) is 10.6 Å². The van der Waals surface area contributed by atoms with Crippen molar-refractivity contribution in [3.8, 4) is 0 Å². The topological polar surface area (TPSA) is 111 Å². The van der Waals surface area contributed by atoms with Crippen molar-refractivity contribution in [2.45, 2.75) is 45.8 Å². The smallest absolute Gasteiger partial charge is 0.408 e. The van der Waals surface area contributed by atoms with Crippen molar-refractivity contribution in [3.05, 3.63) is 29.8 Å². The number of nitrogens with one attached hydrogen (secondary N) is 2. The van der Waals surface area contributed by atoms with Crippen LogP contribution < -0.4 is 10.6 Å². The molecule has 146 valence electrons. The molecule has 0 fully saturated rings. The number of hydrogen-bond acceptors (Lipinski definition) is 6. The van der Waals surface area contributed by atoms with Crippen LogP contribution in [-0.2, 0) is 19.1 Å². The Morgan fingerprint density at radius 2 is 1.93 bits per heavy atom. The standard InChI is InChI=1S/C19H24N2O6/c1-5-26-17(24)15(21-18(25)27-19(2,3)4)12-10-14(22)11-8-6-7-9-13(11)20-16(12)23/h6-9,12,15H,5,10H2,1-4H3,(H,20,23)(H,21,25). The van der Waals surface area contributed by atoms with Crippen LogP contribution >= 0.6 is 0 Å². The van der Waals surface area contributed by atoms with Gasteiger partial charge in [-0.25, -0.2) is 9.59 Å². The number of carbonyl (C=O) groups excluding carboxylic acids is 4. The zero-order chi connectivity index (χ0) is 20.2. The number of para-hydroxylation sites is 1. The number of benzene rings is 1. The predicted molar refractivity (Wildman–Crippen MR) is 97.3 cm³/mol. The van der Waals surface area contributed by atoms with Crippen LogP contribution in [0.5, 0.6) is 0 Å². The average molecular weight is 376 g/mol. The first-order chi connectivity index (χ1) is 12.6. The average Bonchev–Trinajstić information content (AvgIpc) is 2.68. The molecule has 1 aliphatic rings. The van der Waals surface area contributed by atoms with Gasteiger partial charge in [0.25, 0.3) is 0 Å². The molecule has 1 heterocycles. The largest absolute Gasteiger partial charge is 0.464 e. The third-order valence-electron chi connectivity index (χ3n) is 3.84. The van der Waals surface area contributed by atoms with Crippen molar-refractivity contribution in [1.82, 2.24) is 5.32 Å². The minimum atomic E-state index is -1.35. The molecular formula is C19H24N2O6. The number of ketones is 1. The third-order valence-corrected chi connectivity index (χ3v) is 3.84. The van der Waals surface area contributed by atoms with Crippen molar-refractivity contribution in [2.24, 2.45) is 5.92 Å². The van der Waals surface area contributed by atoms with Gasteiger partial charge in [0.1, 0.15) is 11.6 Å². The van der Waals surface area contributed by atoms with Gasteiger partial charge in [-0.3, -0.25) is 9.59 Å².